The molecule has 0 spiro atoms. The Labute approximate surface area is 68.9 Å². The molecule has 0 bridgehead atoms. The Hall–Kier alpha value is -0.120. The van der Waals surface area contributed by atoms with Crippen LogP contribution in [0.4, 0.5) is 0 Å². The number of hydrogen-bond acceptors (Lipinski definition) is 3. The summed E-state index contributed by atoms with van der Waals surface area (Å²) in [5, 5.41) is 3.49. The fourth-order valence-electron chi connectivity index (χ4n) is 1.81. The van der Waals surface area contributed by atoms with Gasteiger partial charge in [0.1, 0.15) is 0 Å². The number of rotatable bonds is 2. The van der Waals surface area contributed by atoms with Crippen LogP contribution in [0.1, 0.15) is 13.8 Å². The fourth-order valence-corrected chi connectivity index (χ4v) is 1.81. The van der Waals surface area contributed by atoms with Gasteiger partial charge in [0, 0.05) is 38.3 Å². The molecule has 0 aromatic heterocycles. The first-order valence-corrected chi connectivity index (χ1v) is 4.41. The number of nitrogens with one attached hydrogen (secondary N) is 1. The largest absolute Gasteiger partial charge is 0.329 e. The molecule has 0 saturated carbocycles. The summed E-state index contributed by atoms with van der Waals surface area (Å²) in [5.74, 6) is 0. The van der Waals surface area contributed by atoms with Crippen LogP contribution in [-0.2, 0) is 0 Å². The van der Waals surface area contributed by atoms with E-state index >= 15 is 0 Å². The van der Waals surface area contributed by atoms with E-state index in [9.17, 15) is 0 Å². The zero-order chi connectivity index (χ0) is 8.27. The van der Waals surface area contributed by atoms with Gasteiger partial charge in [-0.05, 0) is 13.8 Å². The Bertz CT molecular complexity index is 106. The third-order valence-corrected chi connectivity index (χ3v) is 2.08. The lowest BCUT2D eigenvalue weighted by Crippen LogP contribution is -2.54. The maximum Gasteiger partial charge on any atom is 0.0169 e. The molecule has 1 fully saturated rings. The minimum atomic E-state index is 0.616. The highest BCUT2D eigenvalue weighted by molar-refractivity contribution is 4.80. The first-order chi connectivity index (χ1) is 5.22. The van der Waals surface area contributed by atoms with Gasteiger partial charge in [-0.2, -0.15) is 0 Å². The summed E-state index contributed by atoms with van der Waals surface area (Å²) in [6.45, 7) is 8.54. The Balaban J connectivity index is 2.30. The second-order valence-electron chi connectivity index (χ2n) is 3.52. The second kappa shape index (κ2) is 4.04. The maximum atomic E-state index is 5.49. The molecule has 1 saturated heterocycles. The molecule has 11 heavy (non-hydrogen) atoms. The smallest absolute Gasteiger partial charge is 0.0169 e. The molecule has 0 unspecified atom stereocenters. The predicted octanol–water partition coefficient (Wildman–Crippen LogP) is -0.373. The number of piperazine rings is 1. The molecule has 2 atom stereocenters. The first kappa shape index (κ1) is 8.97. The molecule has 1 aliphatic rings. The van der Waals surface area contributed by atoms with Crippen LogP contribution < -0.4 is 11.1 Å². The van der Waals surface area contributed by atoms with Crippen LogP contribution >= 0.6 is 0 Å². The van der Waals surface area contributed by atoms with Gasteiger partial charge in [-0.25, -0.2) is 0 Å². The van der Waals surface area contributed by atoms with Gasteiger partial charge in [0.05, 0.1) is 0 Å². The lowest BCUT2D eigenvalue weighted by atomic mass is 10.1. The van der Waals surface area contributed by atoms with Crippen LogP contribution in [-0.4, -0.2) is 43.2 Å². The van der Waals surface area contributed by atoms with Crippen LogP contribution in [0.25, 0.3) is 0 Å². The summed E-state index contributed by atoms with van der Waals surface area (Å²) in [6, 6.07) is 1.23. The molecule has 0 aliphatic carbocycles. The summed E-state index contributed by atoms with van der Waals surface area (Å²) in [4.78, 5) is 2.42. The van der Waals surface area contributed by atoms with E-state index in [4.69, 9.17) is 5.73 Å². The monoisotopic (exact) mass is 157 g/mol. The molecular formula is C8H19N3. The molecule has 3 nitrogen and oxygen atoms in total. The predicted molar refractivity (Wildman–Crippen MR) is 47.6 cm³/mol. The van der Waals surface area contributed by atoms with Crippen molar-refractivity contribution in [2.24, 2.45) is 5.73 Å². The highest BCUT2D eigenvalue weighted by Crippen LogP contribution is 2.02. The summed E-state index contributed by atoms with van der Waals surface area (Å²) < 4.78 is 0. The quantitative estimate of drug-likeness (QED) is 0.574. The molecule has 3 heteroatoms. The van der Waals surface area contributed by atoms with Crippen LogP contribution in [0.5, 0.6) is 0 Å². The van der Waals surface area contributed by atoms with Crippen molar-refractivity contribution in [3.8, 4) is 0 Å². The fraction of sp³-hybridized carbons (Fsp3) is 1.00. The molecule has 1 rings (SSSR count). The Morgan fingerprint density at radius 3 is 2.36 bits per heavy atom. The molecule has 66 valence electrons. The van der Waals surface area contributed by atoms with Gasteiger partial charge in [0.2, 0.25) is 0 Å². The van der Waals surface area contributed by atoms with Gasteiger partial charge in [0.15, 0.2) is 0 Å². The highest BCUT2D eigenvalue weighted by Gasteiger charge is 2.19. The highest BCUT2D eigenvalue weighted by atomic mass is 15.2. The third-order valence-electron chi connectivity index (χ3n) is 2.08. The van der Waals surface area contributed by atoms with E-state index in [0.29, 0.717) is 12.1 Å². The van der Waals surface area contributed by atoms with E-state index in [1.54, 1.807) is 0 Å². The van der Waals surface area contributed by atoms with Crippen LogP contribution in [0, 0.1) is 0 Å². The Kier molecular flexibility index (Phi) is 3.30. The third kappa shape index (κ3) is 2.77. The molecule has 1 heterocycles. The van der Waals surface area contributed by atoms with Gasteiger partial charge in [-0.3, -0.25) is 4.90 Å². The van der Waals surface area contributed by atoms with Crippen molar-refractivity contribution < 1.29 is 0 Å². The average molecular weight is 157 g/mol. The van der Waals surface area contributed by atoms with Crippen LogP contribution in [0.3, 0.4) is 0 Å². The van der Waals surface area contributed by atoms with Gasteiger partial charge in [-0.15, -0.1) is 0 Å². The van der Waals surface area contributed by atoms with E-state index in [0.717, 1.165) is 26.2 Å². The number of nitrogens with two attached hydrogens (primary N) is 1. The van der Waals surface area contributed by atoms with Gasteiger partial charge in [0.25, 0.3) is 0 Å². The van der Waals surface area contributed by atoms with Crippen molar-refractivity contribution in [2.45, 2.75) is 25.9 Å². The summed E-state index contributed by atoms with van der Waals surface area (Å²) in [7, 11) is 0. The zero-order valence-corrected chi connectivity index (χ0v) is 7.51. The van der Waals surface area contributed by atoms with Crippen LogP contribution in [0.15, 0.2) is 0 Å². The lowest BCUT2D eigenvalue weighted by Gasteiger charge is -2.35. The van der Waals surface area contributed by atoms with Crippen molar-refractivity contribution in [1.82, 2.24) is 10.2 Å². The van der Waals surface area contributed by atoms with Crippen molar-refractivity contribution in [3.05, 3.63) is 0 Å². The molecule has 0 aromatic carbocycles. The molecule has 0 radical (unpaired) electrons. The molecular weight excluding hydrogens is 138 g/mol. The Morgan fingerprint density at radius 1 is 1.36 bits per heavy atom. The number of nitrogens with zero attached hydrogens (tertiary/aromatic N) is 1. The van der Waals surface area contributed by atoms with E-state index in [1.165, 1.54) is 0 Å². The van der Waals surface area contributed by atoms with E-state index < -0.39 is 0 Å². The van der Waals surface area contributed by atoms with E-state index in [-0.39, 0.29) is 0 Å². The standard InChI is InChI=1S/C8H19N3/c1-7-5-11(4-3-9)6-8(2)10-7/h7-8,10H,3-6,9H2,1-2H3/t7-,8-/m0/s1. The van der Waals surface area contributed by atoms with Crippen LogP contribution in [0.2, 0.25) is 0 Å². The first-order valence-electron chi connectivity index (χ1n) is 4.41. The lowest BCUT2D eigenvalue weighted by molar-refractivity contribution is 0.178. The van der Waals surface area contributed by atoms with E-state index in [2.05, 4.69) is 24.1 Å². The second-order valence-corrected chi connectivity index (χ2v) is 3.52. The summed E-state index contributed by atoms with van der Waals surface area (Å²) >= 11 is 0. The average Bonchev–Trinajstić information content (AvgIpc) is 1.85. The maximum absolute atomic E-state index is 5.49. The van der Waals surface area contributed by atoms with Gasteiger partial charge >= 0.3 is 0 Å². The zero-order valence-electron chi connectivity index (χ0n) is 7.51. The molecule has 0 aromatic rings. The number of hydrogen-bond donors (Lipinski definition) is 2. The van der Waals surface area contributed by atoms with Crippen molar-refractivity contribution in [2.75, 3.05) is 26.2 Å². The van der Waals surface area contributed by atoms with E-state index in [1.807, 2.05) is 0 Å². The minimum absolute atomic E-state index is 0.616. The normalized spacial score (nSPS) is 34.1. The van der Waals surface area contributed by atoms with Gasteiger partial charge in [-0.1, -0.05) is 0 Å². The molecule has 3 N–H and O–H groups in total. The van der Waals surface area contributed by atoms with Crippen molar-refractivity contribution >= 4 is 0 Å². The van der Waals surface area contributed by atoms with Gasteiger partial charge < -0.3 is 11.1 Å². The summed E-state index contributed by atoms with van der Waals surface area (Å²) in [6.07, 6.45) is 0. The summed E-state index contributed by atoms with van der Waals surface area (Å²) in [5.41, 5.74) is 5.49. The van der Waals surface area contributed by atoms with Crippen molar-refractivity contribution in [3.63, 3.8) is 0 Å². The minimum Gasteiger partial charge on any atom is -0.329 e. The SMILES string of the molecule is C[C@H]1CN(CCN)C[C@H](C)N1. The molecule has 1 aliphatic heterocycles. The Morgan fingerprint density at radius 2 is 1.91 bits per heavy atom. The molecule has 0 amide bonds. The topological polar surface area (TPSA) is 41.3 Å². The van der Waals surface area contributed by atoms with Crippen molar-refractivity contribution in [1.29, 1.82) is 0 Å².